The summed E-state index contributed by atoms with van der Waals surface area (Å²) in [6.07, 6.45) is 1.76. The van der Waals surface area contributed by atoms with Gasteiger partial charge in [-0.3, -0.25) is 4.79 Å². The van der Waals surface area contributed by atoms with E-state index in [4.69, 9.17) is 16.0 Å². The van der Waals surface area contributed by atoms with Crippen LogP contribution in [0.15, 0.2) is 83.3 Å². The standard InChI is InChI=1S/C22H14ClNO2/c23-17-10-6-7-15(13-17)14-18(21(25)16-8-2-1-3-9-16)22-24-19-11-4-5-12-20(19)26-22/h1-14H/b18-14-. The Bertz CT molecular complexity index is 1080. The molecule has 0 aliphatic heterocycles. The lowest BCUT2D eigenvalue weighted by Gasteiger charge is -2.04. The zero-order valence-electron chi connectivity index (χ0n) is 13.7. The Morgan fingerprint density at radius 1 is 0.923 bits per heavy atom. The fourth-order valence-corrected chi connectivity index (χ4v) is 2.92. The molecule has 26 heavy (non-hydrogen) atoms. The van der Waals surface area contributed by atoms with E-state index >= 15 is 0 Å². The molecule has 0 saturated heterocycles. The Hall–Kier alpha value is -3.17. The first-order chi connectivity index (χ1) is 12.7. The molecule has 4 aromatic rings. The summed E-state index contributed by atoms with van der Waals surface area (Å²) >= 11 is 6.08. The number of carbonyl (C=O) groups excluding carboxylic acids is 1. The first kappa shape index (κ1) is 16.3. The predicted molar refractivity (Wildman–Crippen MR) is 104 cm³/mol. The molecular formula is C22H14ClNO2. The molecule has 1 heterocycles. The number of hydrogen-bond donors (Lipinski definition) is 0. The summed E-state index contributed by atoms with van der Waals surface area (Å²) < 4.78 is 5.84. The average molecular weight is 360 g/mol. The molecule has 0 unspecified atom stereocenters. The highest BCUT2D eigenvalue weighted by Crippen LogP contribution is 2.26. The van der Waals surface area contributed by atoms with Gasteiger partial charge in [0.25, 0.3) is 0 Å². The molecule has 3 nitrogen and oxygen atoms in total. The van der Waals surface area contributed by atoms with E-state index in [0.29, 0.717) is 33.1 Å². The van der Waals surface area contributed by atoms with Gasteiger partial charge in [0.05, 0.1) is 5.57 Å². The van der Waals surface area contributed by atoms with E-state index in [-0.39, 0.29) is 5.78 Å². The summed E-state index contributed by atoms with van der Waals surface area (Å²) in [5, 5.41) is 0.600. The monoisotopic (exact) mass is 359 g/mol. The molecule has 0 saturated carbocycles. The van der Waals surface area contributed by atoms with Crippen LogP contribution < -0.4 is 0 Å². The van der Waals surface area contributed by atoms with Crippen molar-refractivity contribution in [2.75, 3.05) is 0 Å². The summed E-state index contributed by atoms with van der Waals surface area (Å²) in [5.74, 6) is 0.136. The van der Waals surface area contributed by atoms with Crippen molar-refractivity contribution in [1.29, 1.82) is 0 Å². The van der Waals surface area contributed by atoms with Gasteiger partial charge in [0.1, 0.15) is 5.52 Å². The smallest absolute Gasteiger partial charge is 0.231 e. The van der Waals surface area contributed by atoms with E-state index < -0.39 is 0 Å². The molecule has 4 heteroatoms. The lowest BCUT2D eigenvalue weighted by molar-refractivity contribution is 0.105. The SMILES string of the molecule is O=C(/C(=C/c1cccc(Cl)c1)c1nc2ccccc2o1)c1ccccc1. The van der Waals surface area contributed by atoms with Crippen LogP contribution in [-0.4, -0.2) is 10.8 Å². The van der Waals surface area contributed by atoms with Crippen LogP contribution in [-0.2, 0) is 0 Å². The zero-order chi connectivity index (χ0) is 17.9. The van der Waals surface area contributed by atoms with Crippen LogP contribution in [0, 0.1) is 0 Å². The van der Waals surface area contributed by atoms with Gasteiger partial charge in [-0.1, -0.05) is 66.2 Å². The molecule has 126 valence electrons. The number of Topliss-reactive ketones (excluding diaryl/α,β-unsaturated/α-hetero) is 1. The number of hydrogen-bond acceptors (Lipinski definition) is 3. The Kier molecular flexibility index (Phi) is 4.38. The molecule has 0 atom stereocenters. The molecule has 0 amide bonds. The van der Waals surface area contributed by atoms with Crippen molar-refractivity contribution < 1.29 is 9.21 Å². The van der Waals surface area contributed by atoms with E-state index in [1.54, 1.807) is 30.3 Å². The third kappa shape index (κ3) is 3.30. The molecule has 0 radical (unpaired) electrons. The number of ketones is 1. The molecule has 0 aliphatic carbocycles. The number of aromatic nitrogens is 1. The highest BCUT2D eigenvalue weighted by molar-refractivity contribution is 6.32. The van der Waals surface area contributed by atoms with Crippen molar-refractivity contribution >= 4 is 40.1 Å². The lowest BCUT2D eigenvalue weighted by Crippen LogP contribution is -2.03. The lowest BCUT2D eigenvalue weighted by atomic mass is 10.0. The predicted octanol–water partition coefficient (Wildman–Crippen LogP) is 5.90. The van der Waals surface area contributed by atoms with Gasteiger partial charge in [-0.15, -0.1) is 0 Å². The summed E-state index contributed by atoms with van der Waals surface area (Å²) in [6, 6.07) is 23.8. The number of carbonyl (C=O) groups is 1. The van der Waals surface area contributed by atoms with E-state index in [0.717, 1.165) is 5.56 Å². The van der Waals surface area contributed by atoms with Crippen molar-refractivity contribution in [3.8, 4) is 0 Å². The molecule has 1 aromatic heterocycles. The van der Waals surface area contributed by atoms with Gasteiger partial charge < -0.3 is 4.42 Å². The zero-order valence-corrected chi connectivity index (χ0v) is 14.5. The Balaban J connectivity index is 1.87. The minimum absolute atomic E-state index is 0.155. The van der Waals surface area contributed by atoms with Crippen LogP contribution in [0.5, 0.6) is 0 Å². The van der Waals surface area contributed by atoms with Crippen molar-refractivity contribution in [3.63, 3.8) is 0 Å². The summed E-state index contributed by atoms with van der Waals surface area (Å²) in [7, 11) is 0. The molecule has 0 N–H and O–H groups in total. The third-order valence-corrected chi connectivity index (χ3v) is 4.20. The van der Waals surface area contributed by atoms with Gasteiger partial charge in [0, 0.05) is 10.6 Å². The van der Waals surface area contributed by atoms with Gasteiger partial charge in [-0.2, -0.15) is 0 Å². The summed E-state index contributed by atoms with van der Waals surface area (Å²) in [5.41, 5.74) is 3.11. The van der Waals surface area contributed by atoms with Crippen LogP contribution in [0.2, 0.25) is 5.02 Å². The van der Waals surface area contributed by atoms with E-state index in [1.807, 2.05) is 54.6 Å². The molecule has 0 fully saturated rings. The van der Waals surface area contributed by atoms with Crippen molar-refractivity contribution in [3.05, 3.63) is 101 Å². The fraction of sp³-hybridized carbons (Fsp3) is 0. The first-order valence-electron chi connectivity index (χ1n) is 8.14. The topological polar surface area (TPSA) is 43.1 Å². The minimum Gasteiger partial charge on any atom is -0.436 e. The number of allylic oxidation sites excluding steroid dienone is 1. The highest BCUT2D eigenvalue weighted by atomic mass is 35.5. The van der Waals surface area contributed by atoms with E-state index in [9.17, 15) is 4.79 Å². The van der Waals surface area contributed by atoms with Gasteiger partial charge in [0.15, 0.2) is 11.4 Å². The number of halogens is 1. The first-order valence-corrected chi connectivity index (χ1v) is 8.51. The number of para-hydroxylation sites is 2. The molecular weight excluding hydrogens is 346 g/mol. The Morgan fingerprint density at radius 2 is 1.69 bits per heavy atom. The number of rotatable bonds is 4. The second-order valence-corrected chi connectivity index (χ2v) is 6.23. The van der Waals surface area contributed by atoms with Crippen LogP contribution >= 0.6 is 11.6 Å². The summed E-state index contributed by atoms with van der Waals surface area (Å²) in [6.45, 7) is 0. The van der Waals surface area contributed by atoms with Gasteiger partial charge in [0.2, 0.25) is 5.89 Å². The van der Waals surface area contributed by atoms with Crippen LogP contribution in [0.4, 0.5) is 0 Å². The number of fused-ring (bicyclic) bond motifs is 1. The second-order valence-electron chi connectivity index (χ2n) is 5.79. The third-order valence-electron chi connectivity index (χ3n) is 3.96. The maximum Gasteiger partial charge on any atom is 0.231 e. The van der Waals surface area contributed by atoms with Crippen molar-refractivity contribution in [2.45, 2.75) is 0 Å². The minimum atomic E-state index is -0.155. The normalized spacial score (nSPS) is 11.7. The molecule has 3 aromatic carbocycles. The van der Waals surface area contributed by atoms with E-state index in [1.165, 1.54) is 0 Å². The Labute approximate surface area is 155 Å². The quantitative estimate of drug-likeness (QED) is 0.336. The largest absolute Gasteiger partial charge is 0.436 e. The van der Waals surface area contributed by atoms with Gasteiger partial charge in [-0.05, 0) is 35.9 Å². The fourth-order valence-electron chi connectivity index (χ4n) is 2.72. The molecule has 0 aliphatic rings. The molecule has 4 rings (SSSR count). The van der Waals surface area contributed by atoms with Crippen LogP contribution in [0.1, 0.15) is 21.8 Å². The maximum absolute atomic E-state index is 13.1. The highest BCUT2D eigenvalue weighted by Gasteiger charge is 2.20. The van der Waals surface area contributed by atoms with E-state index in [2.05, 4.69) is 4.98 Å². The van der Waals surface area contributed by atoms with Gasteiger partial charge >= 0.3 is 0 Å². The van der Waals surface area contributed by atoms with Crippen LogP contribution in [0.3, 0.4) is 0 Å². The maximum atomic E-state index is 13.1. The number of oxazole rings is 1. The number of benzene rings is 3. The average Bonchev–Trinajstić information content (AvgIpc) is 3.10. The number of nitrogens with zero attached hydrogens (tertiary/aromatic N) is 1. The molecule has 0 spiro atoms. The summed E-state index contributed by atoms with van der Waals surface area (Å²) in [4.78, 5) is 17.6. The molecule has 0 bridgehead atoms. The van der Waals surface area contributed by atoms with Crippen molar-refractivity contribution in [2.24, 2.45) is 0 Å². The Morgan fingerprint density at radius 3 is 2.46 bits per heavy atom. The second kappa shape index (κ2) is 6.98. The van der Waals surface area contributed by atoms with Crippen LogP contribution in [0.25, 0.3) is 22.7 Å². The van der Waals surface area contributed by atoms with Crippen molar-refractivity contribution in [1.82, 2.24) is 4.98 Å². The van der Waals surface area contributed by atoms with Gasteiger partial charge in [-0.25, -0.2) is 4.98 Å².